The molecule has 4 nitrogen and oxygen atoms in total. The lowest BCUT2D eigenvalue weighted by molar-refractivity contribution is -0.0597. The van der Waals surface area contributed by atoms with Crippen LogP contribution in [-0.2, 0) is 14.4 Å². The van der Waals surface area contributed by atoms with Crippen molar-refractivity contribution >= 4 is 15.8 Å². The lowest BCUT2D eigenvalue weighted by atomic mass is 10.1. The Morgan fingerprint density at radius 1 is 1.00 bits per heavy atom. The monoisotopic (exact) mass is 343 g/mol. The molecule has 0 radical (unpaired) electrons. The lowest BCUT2D eigenvalue weighted by Gasteiger charge is -2.10. The van der Waals surface area contributed by atoms with Crippen molar-refractivity contribution in [3.05, 3.63) is 65.7 Å². The van der Waals surface area contributed by atoms with Gasteiger partial charge in [-0.05, 0) is 19.1 Å². The van der Waals surface area contributed by atoms with Gasteiger partial charge < -0.3 is 0 Å². The highest BCUT2D eigenvalue weighted by molar-refractivity contribution is 7.86. The summed E-state index contributed by atoms with van der Waals surface area (Å²) < 4.78 is 67.1. The molecule has 0 unspecified atom stereocenters. The Balaban J connectivity index is 2.36. The molecule has 0 N–H and O–H groups in total. The highest BCUT2D eigenvalue weighted by atomic mass is 32.2. The van der Waals surface area contributed by atoms with Gasteiger partial charge in [0.15, 0.2) is 5.71 Å². The molecule has 122 valence electrons. The molecule has 23 heavy (non-hydrogen) atoms. The van der Waals surface area contributed by atoms with Gasteiger partial charge in [-0.15, -0.1) is 0 Å². The number of aryl methyl sites for hydroxylation is 1. The number of nitrogens with zero attached hydrogens (tertiary/aromatic N) is 1. The quantitative estimate of drug-likeness (QED) is 0.629. The minimum Gasteiger partial charge on any atom is -0.264 e. The molecule has 0 fully saturated rings. The molecule has 0 amide bonds. The van der Waals surface area contributed by atoms with Gasteiger partial charge in [-0.2, -0.15) is 21.6 Å². The van der Waals surface area contributed by atoms with Gasteiger partial charge in [0.2, 0.25) is 0 Å². The molecule has 8 heteroatoms. The fourth-order valence-corrected chi connectivity index (χ4v) is 2.43. The van der Waals surface area contributed by atoms with E-state index in [0.717, 1.165) is 17.7 Å². The predicted molar refractivity (Wildman–Crippen MR) is 78.5 cm³/mol. The maximum absolute atomic E-state index is 13.0. The van der Waals surface area contributed by atoms with E-state index in [-0.39, 0.29) is 10.5 Å². The number of rotatable bonds is 4. The van der Waals surface area contributed by atoms with E-state index in [1.54, 1.807) is 6.92 Å². The lowest BCUT2D eigenvalue weighted by Crippen LogP contribution is -2.25. The maximum atomic E-state index is 13.0. The second-order valence-corrected chi connectivity index (χ2v) is 6.17. The molecule has 0 atom stereocenters. The first-order valence-electron chi connectivity index (χ1n) is 6.41. The van der Waals surface area contributed by atoms with Crippen LogP contribution in [0, 0.1) is 6.92 Å². The molecule has 0 aliphatic carbocycles. The highest BCUT2D eigenvalue weighted by Crippen LogP contribution is 2.24. The second-order valence-electron chi connectivity index (χ2n) is 4.65. The fraction of sp³-hybridized carbons (Fsp3) is 0.133. The third-order valence-electron chi connectivity index (χ3n) is 2.85. The Hall–Kier alpha value is -2.35. The van der Waals surface area contributed by atoms with Crippen LogP contribution in [0.3, 0.4) is 0 Å². The Bertz CT molecular complexity index is 798. The van der Waals surface area contributed by atoms with E-state index in [4.69, 9.17) is 0 Å². The predicted octanol–water partition coefficient (Wildman–Crippen LogP) is 3.67. The molecule has 0 spiro atoms. The third-order valence-corrected chi connectivity index (χ3v) is 3.97. The number of hydrogen-bond acceptors (Lipinski definition) is 4. The van der Waals surface area contributed by atoms with Crippen molar-refractivity contribution in [3.8, 4) is 0 Å². The van der Waals surface area contributed by atoms with Gasteiger partial charge in [-0.1, -0.05) is 53.2 Å². The van der Waals surface area contributed by atoms with Gasteiger partial charge in [0.05, 0.1) is 0 Å². The first-order chi connectivity index (χ1) is 10.7. The molecular weight excluding hydrogens is 331 g/mol. The first-order valence-corrected chi connectivity index (χ1v) is 7.82. The van der Waals surface area contributed by atoms with E-state index in [2.05, 4.69) is 9.44 Å². The summed E-state index contributed by atoms with van der Waals surface area (Å²) in [5.41, 5.74) is -0.916. The average Bonchev–Trinajstić information content (AvgIpc) is 2.47. The Labute approximate surface area is 131 Å². The van der Waals surface area contributed by atoms with Gasteiger partial charge in [0.1, 0.15) is 4.90 Å². The van der Waals surface area contributed by atoms with E-state index < -0.39 is 22.0 Å². The molecule has 2 aromatic carbocycles. The molecule has 2 aromatic rings. The van der Waals surface area contributed by atoms with Crippen LogP contribution in [0.2, 0.25) is 0 Å². The van der Waals surface area contributed by atoms with Gasteiger partial charge >= 0.3 is 16.3 Å². The molecule has 0 aliphatic rings. The molecule has 0 heterocycles. The van der Waals surface area contributed by atoms with Crippen LogP contribution in [-0.4, -0.2) is 20.3 Å². The van der Waals surface area contributed by atoms with Gasteiger partial charge in [-0.3, -0.25) is 4.28 Å². The zero-order chi connectivity index (χ0) is 17.1. The van der Waals surface area contributed by atoms with Crippen molar-refractivity contribution in [2.24, 2.45) is 5.16 Å². The highest BCUT2D eigenvalue weighted by Gasteiger charge is 2.38. The molecule has 0 aliphatic heterocycles. The molecule has 2 rings (SSSR count). The molecule has 0 bridgehead atoms. The van der Waals surface area contributed by atoms with Crippen molar-refractivity contribution in [1.82, 2.24) is 0 Å². The first kappa shape index (κ1) is 17.0. The third kappa shape index (κ3) is 4.32. The molecule has 0 aromatic heterocycles. The molecule has 0 saturated heterocycles. The molecular formula is C15H12F3NO3S. The van der Waals surface area contributed by atoms with E-state index >= 15 is 0 Å². The van der Waals surface area contributed by atoms with E-state index in [9.17, 15) is 21.6 Å². The normalized spacial score (nSPS) is 13.0. The fourth-order valence-electron chi connectivity index (χ4n) is 1.70. The zero-order valence-electron chi connectivity index (χ0n) is 11.9. The van der Waals surface area contributed by atoms with Crippen molar-refractivity contribution in [1.29, 1.82) is 0 Å². The zero-order valence-corrected chi connectivity index (χ0v) is 12.7. The topological polar surface area (TPSA) is 55.7 Å². The molecule has 0 saturated carbocycles. The summed E-state index contributed by atoms with van der Waals surface area (Å²) in [6.45, 7) is 1.74. The summed E-state index contributed by atoms with van der Waals surface area (Å²) in [4.78, 5) is -0.276. The van der Waals surface area contributed by atoms with Crippen molar-refractivity contribution in [2.75, 3.05) is 0 Å². The summed E-state index contributed by atoms with van der Waals surface area (Å²) in [7, 11) is -4.43. The van der Waals surface area contributed by atoms with Crippen LogP contribution in [0.4, 0.5) is 13.2 Å². The smallest absolute Gasteiger partial charge is 0.264 e. The summed E-state index contributed by atoms with van der Waals surface area (Å²) in [5, 5.41) is 2.84. The summed E-state index contributed by atoms with van der Waals surface area (Å²) in [6, 6.07) is 12.1. The van der Waals surface area contributed by atoms with Crippen LogP contribution in [0.1, 0.15) is 11.1 Å². The average molecular weight is 343 g/mol. The van der Waals surface area contributed by atoms with Crippen LogP contribution in [0.15, 0.2) is 64.6 Å². The number of benzene rings is 2. The van der Waals surface area contributed by atoms with E-state index in [1.807, 2.05) is 0 Å². The Kier molecular flexibility index (Phi) is 4.74. The van der Waals surface area contributed by atoms with Crippen LogP contribution >= 0.6 is 0 Å². The van der Waals surface area contributed by atoms with Crippen molar-refractivity contribution in [3.63, 3.8) is 0 Å². The minimum absolute atomic E-state index is 0.276. The largest absolute Gasteiger partial charge is 0.437 e. The Morgan fingerprint density at radius 2 is 1.57 bits per heavy atom. The maximum Gasteiger partial charge on any atom is 0.437 e. The van der Waals surface area contributed by atoms with E-state index in [1.165, 1.54) is 42.5 Å². The number of oxime groups is 1. The van der Waals surface area contributed by atoms with Crippen LogP contribution < -0.4 is 0 Å². The Morgan fingerprint density at radius 3 is 2.09 bits per heavy atom. The van der Waals surface area contributed by atoms with Gasteiger partial charge in [-0.25, -0.2) is 0 Å². The number of halogens is 3. The summed E-state index contributed by atoms with van der Waals surface area (Å²) in [6.07, 6.45) is -4.86. The van der Waals surface area contributed by atoms with Gasteiger partial charge in [0.25, 0.3) is 0 Å². The van der Waals surface area contributed by atoms with Crippen LogP contribution in [0.25, 0.3) is 0 Å². The van der Waals surface area contributed by atoms with Crippen LogP contribution in [0.5, 0.6) is 0 Å². The minimum atomic E-state index is -4.86. The second kappa shape index (κ2) is 6.41. The SMILES string of the molecule is Cc1ccc(S(=O)(=O)ON=C(c2ccccc2)C(F)(F)F)cc1. The van der Waals surface area contributed by atoms with Crippen molar-refractivity contribution in [2.45, 2.75) is 18.0 Å². The summed E-state index contributed by atoms with van der Waals surface area (Å²) in [5.74, 6) is 0. The summed E-state index contributed by atoms with van der Waals surface area (Å²) >= 11 is 0. The van der Waals surface area contributed by atoms with Gasteiger partial charge in [0, 0.05) is 5.56 Å². The number of alkyl halides is 3. The standard InChI is InChI=1S/C15H12F3NO3S/c1-11-7-9-13(10-8-11)23(20,21)22-19-14(15(16,17)18)12-5-3-2-4-6-12/h2-10H,1H3. The number of hydrogen-bond donors (Lipinski definition) is 0. The van der Waals surface area contributed by atoms with E-state index in [0.29, 0.717) is 0 Å². The van der Waals surface area contributed by atoms with Crippen molar-refractivity contribution < 1.29 is 25.9 Å².